The molecular weight excluding hydrogens is 246 g/mol. The van der Waals surface area contributed by atoms with Crippen molar-refractivity contribution in [2.24, 2.45) is 5.92 Å². The van der Waals surface area contributed by atoms with E-state index >= 15 is 0 Å². The maximum atomic E-state index is 6.24. The van der Waals surface area contributed by atoms with Crippen molar-refractivity contribution in [2.45, 2.75) is 58.1 Å². The van der Waals surface area contributed by atoms with Crippen LogP contribution >= 0.6 is 0 Å². The largest absolute Gasteiger partial charge is 0.370 e. The SMILES string of the molecule is Cc1cc(C)cc(C2CNC3(CCC(C)CC3)CO2)c1. The van der Waals surface area contributed by atoms with E-state index in [-0.39, 0.29) is 11.6 Å². The van der Waals surface area contributed by atoms with E-state index in [4.69, 9.17) is 4.74 Å². The Morgan fingerprint density at radius 3 is 2.30 bits per heavy atom. The lowest BCUT2D eigenvalue weighted by molar-refractivity contribution is -0.0504. The molecule has 0 radical (unpaired) electrons. The molecule has 3 rings (SSSR count). The first-order valence-corrected chi connectivity index (χ1v) is 8.01. The predicted molar refractivity (Wildman–Crippen MR) is 83.0 cm³/mol. The minimum Gasteiger partial charge on any atom is -0.370 e. The van der Waals surface area contributed by atoms with Gasteiger partial charge in [0.2, 0.25) is 0 Å². The smallest absolute Gasteiger partial charge is 0.0950 e. The van der Waals surface area contributed by atoms with Crippen molar-refractivity contribution >= 4 is 0 Å². The lowest BCUT2D eigenvalue weighted by atomic mass is 9.77. The number of nitrogens with one attached hydrogen (secondary N) is 1. The molecule has 1 N–H and O–H groups in total. The summed E-state index contributed by atoms with van der Waals surface area (Å²) >= 11 is 0. The number of hydrogen-bond acceptors (Lipinski definition) is 2. The summed E-state index contributed by atoms with van der Waals surface area (Å²) in [6, 6.07) is 6.75. The zero-order chi connectivity index (χ0) is 14.2. The minimum atomic E-state index is 0.221. The Labute approximate surface area is 122 Å². The maximum absolute atomic E-state index is 6.24. The van der Waals surface area contributed by atoms with Gasteiger partial charge < -0.3 is 10.1 Å². The molecule has 2 heteroatoms. The number of aryl methyl sites for hydroxylation is 2. The zero-order valence-electron chi connectivity index (χ0n) is 13.0. The van der Waals surface area contributed by atoms with Crippen LogP contribution in [-0.2, 0) is 4.74 Å². The van der Waals surface area contributed by atoms with Crippen LogP contribution in [0.1, 0.15) is 55.4 Å². The summed E-state index contributed by atoms with van der Waals surface area (Å²) in [5, 5.41) is 3.82. The average Bonchev–Trinajstić information content (AvgIpc) is 2.42. The van der Waals surface area contributed by atoms with E-state index in [1.807, 2.05) is 0 Å². The van der Waals surface area contributed by atoms with E-state index in [0.29, 0.717) is 0 Å². The molecule has 2 nitrogen and oxygen atoms in total. The Bertz CT molecular complexity index is 444. The van der Waals surface area contributed by atoms with Crippen molar-refractivity contribution in [2.75, 3.05) is 13.2 Å². The number of rotatable bonds is 1. The van der Waals surface area contributed by atoms with Gasteiger partial charge in [0, 0.05) is 12.1 Å². The van der Waals surface area contributed by atoms with E-state index in [2.05, 4.69) is 44.3 Å². The fraction of sp³-hybridized carbons (Fsp3) is 0.667. The summed E-state index contributed by atoms with van der Waals surface area (Å²) in [7, 11) is 0. The molecule has 1 saturated carbocycles. The van der Waals surface area contributed by atoms with E-state index in [9.17, 15) is 0 Å². The second kappa shape index (κ2) is 5.50. The van der Waals surface area contributed by atoms with Gasteiger partial charge in [0.25, 0.3) is 0 Å². The topological polar surface area (TPSA) is 21.3 Å². The molecule has 1 aromatic rings. The molecule has 0 amide bonds. The van der Waals surface area contributed by atoms with Crippen molar-refractivity contribution in [3.8, 4) is 0 Å². The molecule has 0 aromatic heterocycles. The number of benzene rings is 1. The highest BCUT2D eigenvalue weighted by Gasteiger charge is 2.38. The normalized spacial score (nSPS) is 34.4. The van der Waals surface area contributed by atoms with Crippen LogP contribution in [0.3, 0.4) is 0 Å². The lowest BCUT2D eigenvalue weighted by Gasteiger charge is -2.45. The molecule has 1 aliphatic heterocycles. The third-order valence-electron chi connectivity index (χ3n) is 5.07. The Hall–Kier alpha value is -0.860. The third kappa shape index (κ3) is 2.91. The van der Waals surface area contributed by atoms with Crippen molar-refractivity contribution in [1.82, 2.24) is 5.32 Å². The first-order chi connectivity index (χ1) is 9.56. The van der Waals surface area contributed by atoms with Crippen LogP contribution in [-0.4, -0.2) is 18.7 Å². The van der Waals surface area contributed by atoms with Gasteiger partial charge in [0.1, 0.15) is 0 Å². The van der Waals surface area contributed by atoms with Crippen LogP contribution in [0.15, 0.2) is 18.2 Å². The monoisotopic (exact) mass is 273 g/mol. The Balaban J connectivity index is 1.66. The van der Waals surface area contributed by atoms with Crippen molar-refractivity contribution in [3.05, 3.63) is 34.9 Å². The summed E-state index contributed by atoms with van der Waals surface area (Å²) in [5.74, 6) is 0.888. The van der Waals surface area contributed by atoms with Gasteiger partial charge in [-0.25, -0.2) is 0 Å². The molecule has 1 spiro atoms. The third-order valence-corrected chi connectivity index (χ3v) is 5.07. The molecule has 2 fully saturated rings. The van der Waals surface area contributed by atoms with Crippen LogP contribution < -0.4 is 5.32 Å². The summed E-state index contributed by atoms with van der Waals surface area (Å²) in [6.07, 6.45) is 5.44. The van der Waals surface area contributed by atoms with Gasteiger partial charge in [-0.05, 0) is 51.0 Å². The lowest BCUT2D eigenvalue weighted by Crippen LogP contribution is -2.56. The first-order valence-electron chi connectivity index (χ1n) is 8.01. The molecule has 20 heavy (non-hydrogen) atoms. The second-order valence-corrected chi connectivity index (χ2v) is 7.06. The molecule has 1 unspecified atom stereocenters. The highest BCUT2D eigenvalue weighted by atomic mass is 16.5. The highest BCUT2D eigenvalue weighted by Crippen LogP contribution is 2.36. The molecule has 0 bridgehead atoms. The molecule has 2 aliphatic rings. The molecule has 110 valence electrons. The number of hydrogen-bond donors (Lipinski definition) is 1. The van der Waals surface area contributed by atoms with Gasteiger partial charge in [-0.2, -0.15) is 0 Å². The van der Waals surface area contributed by atoms with E-state index in [1.165, 1.54) is 42.4 Å². The highest BCUT2D eigenvalue weighted by molar-refractivity contribution is 5.30. The van der Waals surface area contributed by atoms with Gasteiger partial charge >= 0.3 is 0 Å². The first kappa shape index (κ1) is 14.1. The zero-order valence-corrected chi connectivity index (χ0v) is 13.0. The maximum Gasteiger partial charge on any atom is 0.0950 e. The molecule has 1 saturated heterocycles. The van der Waals surface area contributed by atoms with Crippen LogP contribution in [0.4, 0.5) is 0 Å². The predicted octanol–water partition coefficient (Wildman–Crippen LogP) is 3.91. The van der Waals surface area contributed by atoms with E-state index < -0.39 is 0 Å². The van der Waals surface area contributed by atoms with Gasteiger partial charge in [-0.3, -0.25) is 0 Å². The minimum absolute atomic E-state index is 0.221. The van der Waals surface area contributed by atoms with Gasteiger partial charge in [0.05, 0.1) is 12.7 Å². The standard InChI is InChI=1S/C18H27NO/c1-13-4-6-18(7-5-13)12-20-17(11-19-18)16-9-14(2)8-15(3)10-16/h8-10,13,17,19H,4-7,11-12H2,1-3H3. The Morgan fingerprint density at radius 2 is 1.75 bits per heavy atom. The summed E-state index contributed by atoms with van der Waals surface area (Å²) in [5.41, 5.74) is 4.25. The van der Waals surface area contributed by atoms with Crippen molar-refractivity contribution < 1.29 is 4.74 Å². The molecule has 1 aromatic carbocycles. The van der Waals surface area contributed by atoms with Crippen LogP contribution in [0.25, 0.3) is 0 Å². The van der Waals surface area contributed by atoms with Gasteiger partial charge in [0.15, 0.2) is 0 Å². The Kier molecular flexibility index (Phi) is 3.87. The molecule has 1 aliphatic carbocycles. The van der Waals surface area contributed by atoms with Crippen LogP contribution in [0, 0.1) is 19.8 Å². The molecule has 1 heterocycles. The second-order valence-electron chi connectivity index (χ2n) is 7.06. The van der Waals surface area contributed by atoms with Crippen molar-refractivity contribution in [1.29, 1.82) is 0 Å². The number of ether oxygens (including phenoxy) is 1. The quantitative estimate of drug-likeness (QED) is 0.837. The molecular formula is C18H27NO. The van der Waals surface area contributed by atoms with E-state index in [0.717, 1.165) is 19.1 Å². The fourth-order valence-electron chi connectivity index (χ4n) is 3.72. The summed E-state index contributed by atoms with van der Waals surface area (Å²) in [6.45, 7) is 8.52. The van der Waals surface area contributed by atoms with E-state index in [1.54, 1.807) is 0 Å². The Morgan fingerprint density at radius 1 is 1.10 bits per heavy atom. The number of morpholine rings is 1. The van der Waals surface area contributed by atoms with Gasteiger partial charge in [-0.1, -0.05) is 36.2 Å². The van der Waals surface area contributed by atoms with Crippen LogP contribution in [0.2, 0.25) is 0 Å². The van der Waals surface area contributed by atoms with Gasteiger partial charge in [-0.15, -0.1) is 0 Å². The average molecular weight is 273 g/mol. The fourth-order valence-corrected chi connectivity index (χ4v) is 3.72. The van der Waals surface area contributed by atoms with Crippen molar-refractivity contribution in [3.63, 3.8) is 0 Å². The van der Waals surface area contributed by atoms with Crippen LogP contribution in [0.5, 0.6) is 0 Å². The molecule has 1 atom stereocenters. The summed E-state index contributed by atoms with van der Waals surface area (Å²) < 4.78 is 6.24. The summed E-state index contributed by atoms with van der Waals surface area (Å²) in [4.78, 5) is 0.